The molecule has 0 spiro atoms. The summed E-state index contributed by atoms with van der Waals surface area (Å²) < 4.78 is 0. The van der Waals surface area contributed by atoms with Crippen molar-refractivity contribution in [3.63, 3.8) is 0 Å². The normalized spacial score (nSPS) is 6.33. The first-order valence-corrected chi connectivity index (χ1v) is 1.67. The summed E-state index contributed by atoms with van der Waals surface area (Å²) in [5, 5.41) is 7.89. The highest BCUT2D eigenvalue weighted by atomic mass is 16.0. The van der Waals surface area contributed by atoms with E-state index >= 15 is 0 Å². The zero-order chi connectivity index (χ0) is 4.28. The highest BCUT2D eigenvalue weighted by Crippen LogP contribution is 1.81. The van der Waals surface area contributed by atoms with Crippen molar-refractivity contribution in [1.82, 2.24) is 0 Å². The largest absolute Gasteiger partial charge is 0.412 e. The molecule has 0 aliphatic heterocycles. The Morgan fingerprint density at radius 1 is 1.50 bits per heavy atom. The van der Waals surface area contributed by atoms with Crippen LogP contribution in [0.25, 0.3) is 0 Å². The van der Waals surface area contributed by atoms with Gasteiger partial charge in [0.15, 0.2) is 0 Å². The van der Waals surface area contributed by atoms with E-state index in [-0.39, 0.29) is 11.4 Å². The quantitative estimate of drug-likeness (QED) is 0.420. The van der Waals surface area contributed by atoms with Crippen molar-refractivity contribution in [3.8, 4) is 6.07 Å². The van der Waals surface area contributed by atoms with Crippen LogP contribution >= 0.6 is 0 Å². The predicted molar refractivity (Wildman–Crippen MR) is 24.1 cm³/mol. The fraction of sp³-hybridized carbons (Fsp3) is 0.750. The molecule has 0 rings (SSSR count). The highest BCUT2D eigenvalue weighted by Gasteiger charge is 1.78. The van der Waals surface area contributed by atoms with Crippen LogP contribution in [0.5, 0.6) is 0 Å². The van der Waals surface area contributed by atoms with Gasteiger partial charge in [-0.2, -0.15) is 5.26 Å². The van der Waals surface area contributed by atoms with Crippen LogP contribution in [0.2, 0.25) is 0 Å². The number of rotatable bonds is 0. The van der Waals surface area contributed by atoms with Gasteiger partial charge in [0.2, 0.25) is 0 Å². The molecule has 0 amide bonds. The molecule has 0 aromatic carbocycles. The summed E-state index contributed by atoms with van der Waals surface area (Å²) >= 11 is 0. The number of nitriles is 1. The SMILES string of the molecule is CC(C)C#N.O. The van der Waals surface area contributed by atoms with Crippen LogP contribution in [0.15, 0.2) is 0 Å². The summed E-state index contributed by atoms with van der Waals surface area (Å²) in [4.78, 5) is 0. The van der Waals surface area contributed by atoms with Crippen LogP contribution in [0.3, 0.4) is 0 Å². The maximum atomic E-state index is 7.89. The molecule has 0 bridgehead atoms. The average Bonchev–Trinajstić information content (AvgIpc) is 1.38. The smallest absolute Gasteiger partial charge is 0.0649 e. The van der Waals surface area contributed by atoms with E-state index in [9.17, 15) is 0 Å². The van der Waals surface area contributed by atoms with Gasteiger partial charge in [-0.25, -0.2) is 0 Å². The predicted octanol–water partition coefficient (Wildman–Crippen LogP) is 0.341. The van der Waals surface area contributed by atoms with Crippen LogP contribution in [0, 0.1) is 17.2 Å². The Hall–Kier alpha value is -0.550. The van der Waals surface area contributed by atoms with Gasteiger partial charge >= 0.3 is 0 Å². The van der Waals surface area contributed by atoms with E-state index < -0.39 is 0 Å². The standard InChI is InChI=1S/C4H7N.H2O/c1-4(2)3-5;/h4H,1-2H3;1H2. The van der Waals surface area contributed by atoms with E-state index in [0.717, 1.165) is 0 Å². The van der Waals surface area contributed by atoms with E-state index in [4.69, 9.17) is 5.26 Å². The molecular formula is C4H9NO. The van der Waals surface area contributed by atoms with Gasteiger partial charge in [-0.05, 0) is 13.8 Å². The molecule has 2 nitrogen and oxygen atoms in total. The van der Waals surface area contributed by atoms with E-state index in [1.807, 2.05) is 19.9 Å². The molecule has 2 heteroatoms. The molecule has 0 aromatic heterocycles. The Labute approximate surface area is 37.7 Å². The van der Waals surface area contributed by atoms with Crippen molar-refractivity contribution in [3.05, 3.63) is 0 Å². The molecule has 0 saturated heterocycles. The third kappa shape index (κ3) is 9.85. The summed E-state index contributed by atoms with van der Waals surface area (Å²) in [7, 11) is 0. The Morgan fingerprint density at radius 3 is 1.67 bits per heavy atom. The molecule has 0 unspecified atom stereocenters. The molecule has 2 N–H and O–H groups in total. The van der Waals surface area contributed by atoms with Crippen molar-refractivity contribution in [2.24, 2.45) is 5.92 Å². The topological polar surface area (TPSA) is 55.3 Å². The summed E-state index contributed by atoms with van der Waals surface area (Å²) in [5.41, 5.74) is 0. The summed E-state index contributed by atoms with van der Waals surface area (Å²) in [6.45, 7) is 3.72. The van der Waals surface area contributed by atoms with Crippen molar-refractivity contribution in [2.45, 2.75) is 13.8 Å². The zero-order valence-electron chi connectivity index (χ0n) is 4.02. The molecule has 0 radical (unpaired) electrons. The fourth-order valence-electron chi connectivity index (χ4n) is 0. The lowest BCUT2D eigenvalue weighted by Crippen LogP contribution is -1.72. The van der Waals surface area contributed by atoms with Crippen LogP contribution in [0.4, 0.5) is 0 Å². The second-order valence-corrected chi connectivity index (χ2v) is 1.28. The molecule has 6 heavy (non-hydrogen) atoms. The first-order valence-electron chi connectivity index (χ1n) is 1.67. The van der Waals surface area contributed by atoms with Gasteiger partial charge in [0, 0.05) is 5.92 Å². The number of nitrogens with zero attached hydrogens (tertiary/aromatic N) is 1. The van der Waals surface area contributed by atoms with Gasteiger partial charge in [0.25, 0.3) is 0 Å². The lowest BCUT2D eigenvalue weighted by molar-refractivity contribution is 0.824. The van der Waals surface area contributed by atoms with Gasteiger partial charge in [0.05, 0.1) is 6.07 Å². The summed E-state index contributed by atoms with van der Waals surface area (Å²) in [6.07, 6.45) is 0. The third-order valence-electron chi connectivity index (χ3n) is 0.258. The second-order valence-electron chi connectivity index (χ2n) is 1.28. The molecule has 0 aliphatic rings. The first-order chi connectivity index (χ1) is 2.27. The fourth-order valence-corrected chi connectivity index (χ4v) is 0. The number of hydrogen-bond donors (Lipinski definition) is 0. The van der Waals surface area contributed by atoms with Crippen LogP contribution in [-0.4, -0.2) is 5.48 Å². The Kier molecular flexibility index (Phi) is 6.72. The molecular weight excluding hydrogens is 78.0 g/mol. The van der Waals surface area contributed by atoms with Gasteiger partial charge in [-0.15, -0.1) is 0 Å². The third-order valence-corrected chi connectivity index (χ3v) is 0.258. The molecule has 0 atom stereocenters. The van der Waals surface area contributed by atoms with E-state index in [1.54, 1.807) is 0 Å². The maximum absolute atomic E-state index is 7.89. The lowest BCUT2D eigenvalue weighted by atomic mass is 10.3. The monoisotopic (exact) mass is 87.1 g/mol. The van der Waals surface area contributed by atoms with Crippen molar-refractivity contribution < 1.29 is 5.48 Å². The highest BCUT2D eigenvalue weighted by molar-refractivity contribution is 4.72. The minimum absolute atomic E-state index is 0. The lowest BCUT2D eigenvalue weighted by Gasteiger charge is -1.75. The minimum Gasteiger partial charge on any atom is -0.412 e. The number of hydrogen-bond acceptors (Lipinski definition) is 1. The second kappa shape index (κ2) is 4.45. The van der Waals surface area contributed by atoms with Crippen LogP contribution < -0.4 is 0 Å². The van der Waals surface area contributed by atoms with Gasteiger partial charge in [-0.1, -0.05) is 0 Å². The van der Waals surface area contributed by atoms with E-state index in [2.05, 4.69) is 0 Å². The first kappa shape index (κ1) is 9.07. The molecule has 0 fully saturated rings. The Balaban J connectivity index is 0. The molecule has 0 heterocycles. The molecule has 0 saturated carbocycles. The minimum atomic E-state index is 0. The maximum Gasteiger partial charge on any atom is 0.0649 e. The summed E-state index contributed by atoms with van der Waals surface area (Å²) in [5.74, 6) is 0.190. The van der Waals surface area contributed by atoms with Crippen molar-refractivity contribution in [1.29, 1.82) is 5.26 Å². The summed E-state index contributed by atoms with van der Waals surface area (Å²) in [6, 6.07) is 2.03. The van der Waals surface area contributed by atoms with Gasteiger partial charge in [-0.3, -0.25) is 0 Å². The van der Waals surface area contributed by atoms with E-state index in [0.29, 0.717) is 0 Å². The molecule has 36 valence electrons. The van der Waals surface area contributed by atoms with Crippen molar-refractivity contribution in [2.75, 3.05) is 0 Å². The molecule has 0 aliphatic carbocycles. The zero-order valence-corrected chi connectivity index (χ0v) is 4.02. The van der Waals surface area contributed by atoms with E-state index in [1.165, 1.54) is 0 Å². The average molecular weight is 87.1 g/mol. The Bertz CT molecular complexity index is 53.1. The van der Waals surface area contributed by atoms with Gasteiger partial charge in [0.1, 0.15) is 0 Å². The van der Waals surface area contributed by atoms with Crippen LogP contribution in [-0.2, 0) is 0 Å². The van der Waals surface area contributed by atoms with Gasteiger partial charge < -0.3 is 5.48 Å². The Morgan fingerprint density at radius 2 is 1.67 bits per heavy atom. The van der Waals surface area contributed by atoms with Crippen molar-refractivity contribution >= 4 is 0 Å². The molecule has 0 aromatic rings. The van der Waals surface area contributed by atoms with Crippen LogP contribution in [0.1, 0.15) is 13.8 Å².